The largest absolute Gasteiger partial charge is 0.463 e. The Morgan fingerprint density at radius 2 is 2.17 bits per heavy atom. The fourth-order valence-electron chi connectivity index (χ4n) is 3.27. The highest BCUT2D eigenvalue weighted by molar-refractivity contribution is 7.07. The highest BCUT2D eigenvalue weighted by Crippen LogP contribution is 2.23. The van der Waals surface area contributed by atoms with Crippen LogP contribution in [-0.2, 0) is 9.53 Å². The van der Waals surface area contributed by atoms with Crippen molar-refractivity contribution in [3.63, 3.8) is 0 Å². The van der Waals surface area contributed by atoms with Gasteiger partial charge in [-0.05, 0) is 31.9 Å². The van der Waals surface area contributed by atoms with Gasteiger partial charge in [-0.1, -0.05) is 36.8 Å². The third-order valence-corrected chi connectivity index (χ3v) is 5.55. The van der Waals surface area contributed by atoms with Crippen LogP contribution in [0.25, 0.3) is 11.8 Å². The first-order valence-corrected chi connectivity index (χ1v) is 10.1. The number of aromatic nitrogens is 1. The SMILES string of the molecule is CCC[C@@H]1N=c2s/c(=C\c3cccc([N+](=O)[O-])c3)c(=O)n2C(C)=C1C(=O)OCC. The van der Waals surface area contributed by atoms with Crippen molar-refractivity contribution in [2.75, 3.05) is 6.61 Å². The summed E-state index contributed by atoms with van der Waals surface area (Å²) in [5.41, 5.74) is 1.12. The van der Waals surface area contributed by atoms with E-state index in [-0.39, 0.29) is 23.9 Å². The van der Waals surface area contributed by atoms with E-state index in [9.17, 15) is 19.7 Å². The number of carbonyl (C=O) groups excluding carboxylic acids is 1. The van der Waals surface area contributed by atoms with Gasteiger partial charge in [0.15, 0.2) is 4.80 Å². The van der Waals surface area contributed by atoms with Gasteiger partial charge < -0.3 is 4.74 Å². The Balaban J connectivity index is 2.18. The molecule has 0 bridgehead atoms. The van der Waals surface area contributed by atoms with Crippen molar-refractivity contribution in [1.29, 1.82) is 0 Å². The van der Waals surface area contributed by atoms with E-state index in [0.717, 1.165) is 6.42 Å². The van der Waals surface area contributed by atoms with E-state index < -0.39 is 10.9 Å². The highest BCUT2D eigenvalue weighted by atomic mass is 32.1. The number of hydrogen-bond acceptors (Lipinski definition) is 7. The van der Waals surface area contributed by atoms with Crippen LogP contribution in [0.1, 0.15) is 39.2 Å². The normalized spacial score (nSPS) is 16.4. The van der Waals surface area contributed by atoms with Crippen LogP contribution in [0.15, 0.2) is 39.6 Å². The van der Waals surface area contributed by atoms with Crippen LogP contribution < -0.4 is 14.9 Å². The summed E-state index contributed by atoms with van der Waals surface area (Å²) in [5.74, 6) is -0.458. The summed E-state index contributed by atoms with van der Waals surface area (Å²) < 4.78 is 7.00. The Kier molecular flexibility index (Phi) is 6.07. The standard InChI is InChI=1S/C20H21N3O5S/c1-4-7-15-17(19(25)28-5-2)12(3)22-18(24)16(29-20(22)21-15)11-13-8-6-9-14(10-13)23(26)27/h6,8-11,15H,4-5,7H2,1-3H3/b16-11-/t15-/m0/s1. The molecule has 2 heterocycles. The molecule has 152 valence electrons. The number of rotatable bonds is 6. The van der Waals surface area contributed by atoms with Crippen molar-refractivity contribution in [2.45, 2.75) is 39.7 Å². The second kappa shape index (κ2) is 8.52. The van der Waals surface area contributed by atoms with Crippen LogP contribution in [0.4, 0.5) is 5.69 Å². The Bertz CT molecular complexity index is 1180. The van der Waals surface area contributed by atoms with Crippen LogP contribution in [-0.4, -0.2) is 28.1 Å². The lowest BCUT2D eigenvalue weighted by Gasteiger charge is -2.21. The molecule has 29 heavy (non-hydrogen) atoms. The smallest absolute Gasteiger partial charge is 0.337 e. The average Bonchev–Trinajstić information content (AvgIpc) is 2.98. The number of nitro groups is 1. The molecule has 0 saturated carbocycles. The van der Waals surface area contributed by atoms with Crippen LogP contribution in [0, 0.1) is 10.1 Å². The van der Waals surface area contributed by atoms with Gasteiger partial charge in [-0.2, -0.15) is 0 Å². The van der Waals surface area contributed by atoms with Crippen LogP contribution in [0.5, 0.6) is 0 Å². The van der Waals surface area contributed by atoms with Crippen LogP contribution in [0.2, 0.25) is 0 Å². The molecule has 2 aromatic rings. The summed E-state index contributed by atoms with van der Waals surface area (Å²) in [6.07, 6.45) is 3.10. The monoisotopic (exact) mass is 415 g/mol. The zero-order valence-corrected chi connectivity index (χ0v) is 17.2. The fraction of sp³-hybridized carbons (Fsp3) is 0.350. The molecule has 1 atom stereocenters. The molecule has 1 aliphatic rings. The lowest BCUT2D eigenvalue weighted by atomic mass is 10.00. The molecule has 0 amide bonds. The minimum atomic E-state index is -0.479. The number of allylic oxidation sites excluding steroid dienone is 1. The lowest BCUT2D eigenvalue weighted by Crippen LogP contribution is -2.37. The number of ether oxygens (including phenoxy) is 1. The molecule has 0 fully saturated rings. The predicted octanol–water partition coefficient (Wildman–Crippen LogP) is 2.24. The number of non-ortho nitro benzene ring substituents is 1. The summed E-state index contributed by atoms with van der Waals surface area (Å²) in [6.45, 7) is 5.70. The first-order chi connectivity index (χ1) is 13.9. The van der Waals surface area contributed by atoms with Crippen molar-refractivity contribution in [3.05, 3.63) is 65.2 Å². The molecule has 0 N–H and O–H groups in total. The second-order valence-electron chi connectivity index (χ2n) is 6.54. The van der Waals surface area contributed by atoms with E-state index in [2.05, 4.69) is 4.99 Å². The molecule has 1 aromatic carbocycles. The number of benzene rings is 1. The van der Waals surface area contributed by atoms with Gasteiger partial charge >= 0.3 is 5.97 Å². The number of esters is 1. The van der Waals surface area contributed by atoms with Crippen LogP contribution in [0.3, 0.4) is 0 Å². The summed E-state index contributed by atoms with van der Waals surface area (Å²) in [7, 11) is 0. The van der Waals surface area contributed by atoms with Crippen molar-refractivity contribution >= 4 is 34.8 Å². The first-order valence-electron chi connectivity index (χ1n) is 9.31. The summed E-state index contributed by atoms with van der Waals surface area (Å²) >= 11 is 1.20. The van der Waals surface area contributed by atoms with Crippen molar-refractivity contribution < 1.29 is 14.5 Å². The summed E-state index contributed by atoms with van der Waals surface area (Å²) in [5, 5.41) is 11.0. The zero-order chi connectivity index (χ0) is 21.1. The molecule has 0 aliphatic carbocycles. The van der Waals surface area contributed by atoms with Gasteiger partial charge in [0.05, 0.1) is 27.7 Å². The predicted molar refractivity (Wildman–Crippen MR) is 110 cm³/mol. The van der Waals surface area contributed by atoms with Gasteiger partial charge in [-0.3, -0.25) is 19.5 Å². The lowest BCUT2D eigenvalue weighted by molar-refractivity contribution is -0.384. The van der Waals surface area contributed by atoms with Crippen molar-refractivity contribution in [2.24, 2.45) is 4.99 Å². The van der Waals surface area contributed by atoms with E-state index in [0.29, 0.717) is 32.6 Å². The molecular weight excluding hydrogens is 394 g/mol. The topological polar surface area (TPSA) is 104 Å². The number of carbonyl (C=O) groups is 1. The fourth-order valence-corrected chi connectivity index (χ4v) is 4.33. The highest BCUT2D eigenvalue weighted by Gasteiger charge is 2.29. The Hall–Kier alpha value is -3.07. The van der Waals surface area contributed by atoms with E-state index in [1.807, 2.05) is 6.92 Å². The zero-order valence-electron chi connectivity index (χ0n) is 16.4. The van der Waals surface area contributed by atoms with Gasteiger partial charge in [0, 0.05) is 17.8 Å². The van der Waals surface area contributed by atoms with E-state index >= 15 is 0 Å². The number of hydrogen-bond donors (Lipinski definition) is 0. The molecule has 1 aromatic heterocycles. The van der Waals surface area contributed by atoms with Gasteiger partial charge in [0.25, 0.3) is 11.2 Å². The van der Waals surface area contributed by atoms with Crippen molar-refractivity contribution in [1.82, 2.24) is 4.57 Å². The molecular formula is C20H21N3O5S. The third kappa shape index (κ3) is 4.04. The first kappa shape index (κ1) is 20.7. The number of nitro benzene ring substituents is 1. The van der Waals surface area contributed by atoms with Crippen molar-refractivity contribution in [3.8, 4) is 0 Å². The third-order valence-electron chi connectivity index (χ3n) is 4.57. The quantitative estimate of drug-likeness (QED) is 0.409. The average molecular weight is 415 g/mol. The summed E-state index contributed by atoms with van der Waals surface area (Å²) in [6, 6.07) is 5.71. The van der Waals surface area contributed by atoms with Gasteiger partial charge in [0.1, 0.15) is 0 Å². The van der Waals surface area contributed by atoms with Gasteiger partial charge in [-0.15, -0.1) is 0 Å². The molecule has 9 heteroatoms. The summed E-state index contributed by atoms with van der Waals surface area (Å²) in [4.78, 5) is 41.1. The molecule has 0 spiro atoms. The minimum absolute atomic E-state index is 0.0476. The second-order valence-corrected chi connectivity index (χ2v) is 7.55. The maximum absolute atomic E-state index is 13.0. The van der Waals surface area contributed by atoms with Gasteiger partial charge in [-0.25, -0.2) is 9.79 Å². The Morgan fingerprint density at radius 3 is 2.83 bits per heavy atom. The molecule has 0 saturated heterocycles. The molecule has 0 unspecified atom stereocenters. The molecule has 8 nitrogen and oxygen atoms in total. The molecule has 1 aliphatic heterocycles. The van der Waals surface area contributed by atoms with E-state index in [1.54, 1.807) is 32.1 Å². The van der Waals surface area contributed by atoms with Gasteiger partial charge in [0.2, 0.25) is 0 Å². The maximum Gasteiger partial charge on any atom is 0.337 e. The molecule has 0 radical (unpaired) electrons. The Morgan fingerprint density at radius 1 is 1.41 bits per heavy atom. The Labute approximate surface area is 170 Å². The molecule has 3 rings (SSSR count). The number of thiazole rings is 1. The number of nitrogens with zero attached hydrogens (tertiary/aromatic N) is 3. The van der Waals surface area contributed by atoms with Crippen LogP contribution >= 0.6 is 11.3 Å². The number of fused-ring (bicyclic) bond motifs is 1. The minimum Gasteiger partial charge on any atom is -0.463 e. The maximum atomic E-state index is 13.0. The van der Waals surface area contributed by atoms with E-state index in [4.69, 9.17) is 4.74 Å². The van der Waals surface area contributed by atoms with E-state index in [1.165, 1.54) is 28.0 Å².